The highest BCUT2D eigenvalue weighted by atomic mass is 35.5. The molecule has 5 nitrogen and oxygen atoms in total. The van der Waals surface area contributed by atoms with Gasteiger partial charge < -0.3 is 4.90 Å². The number of amides is 1. The van der Waals surface area contributed by atoms with Gasteiger partial charge in [-0.15, -0.1) is 11.3 Å². The second-order valence-corrected chi connectivity index (χ2v) is 9.64. The van der Waals surface area contributed by atoms with Crippen molar-refractivity contribution in [1.29, 1.82) is 0 Å². The first-order valence-corrected chi connectivity index (χ1v) is 10.6. The van der Waals surface area contributed by atoms with Gasteiger partial charge in [-0.2, -0.15) is 4.31 Å². The predicted octanol–water partition coefficient (Wildman–Crippen LogP) is 3.51. The van der Waals surface area contributed by atoms with Crippen molar-refractivity contribution in [3.63, 3.8) is 0 Å². The van der Waals surface area contributed by atoms with Crippen LogP contribution in [0.1, 0.15) is 14.5 Å². The molecule has 1 aliphatic rings. The van der Waals surface area contributed by atoms with E-state index in [0.717, 1.165) is 4.88 Å². The summed E-state index contributed by atoms with van der Waals surface area (Å²) >= 11 is 13.4. The van der Waals surface area contributed by atoms with Crippen molar-refractivity contribution >= 4 is 50.5 Å². The number of rotatable bonds is 3. The van der Waals surface area contributed by atoms with Crippen LogP contribution in [0.4, 0.5) is 0 Å². The van der Waals surface area contributed by atoms with Crippen molar-refractivity contribution in [3.05, 3.63) is 50.1 Å². The molecule has 1 aliphatic heterocycles. The second-order valence-electron chi connectivity index (χ2n) is 5.66. The van der Waals surface area contributed by atoms with Crippen molar-refractivity contribution in [2.45, 2.75) is 11.8 Å². The van der Waals surface area contributed by atoms with E-state index in [9.17, 15) is 13.2 Å². The first kappa shape index (κ1) is 18.7. The lowest BCUT2D eigenvalue weighted by atomic mass is 10.3. The number of nitrogens with zero attached hydrogens (tertiary/aromatic N) is 2. The van der Waals surface area contributed by atoms with Crippen LogP contribution in [0.25, 0.3) is 0 Å². The Morgan fingerprint density at radius 3 is 2.36 bits per heavy atom. The van der Waals surface area contributed by atoms with E-state index in [2.05, 4.69) is 0 Å². The molecule has 9 heteroatoms. The van der Waals surface area contributed by atoms with Gasteiger partial charge in [0.2, 0.25) is 10.0 Å². The fraction of sp³-hybridized carbons (Fsp3) is 0.312. The van der Waals surface area contributed by atoms with Crippen LogP contribution in [0.5, 0.6) is 0 Å². The quantitative estimate of drug-likeness (QED) is 0.765. The minimum Gasteiger partial charge on any atom is -0.335 e. The molecule has 1 aromatic carbocycles. The predicted molar refractivity (Wildman–Crippen MR) is 100 cm³/mol. The summed E-state index contributed by atoms with van der Waals surface area (Å²) in [6.07, 6.45) is 0. The lowest BCUT2D eigenvalue weighted by Crippen LogP contribution is -2.50. The zero-order chi connectivity index (χ0) is 18.2. The van der Waals surface area contributed by atoms with Crippen LogP contribution in [0, 0.1) is 6.92 Å². The number of carbonyl (C=O) groups excluding carboxylic acids is 1. The summed E-state index contributed by atoms with van der Waals surface area (Å²) in [6, 6.07) is 8.25. The fourth-order valence-electron chi connectivity index (χ4n) is 2.66. The van der Waals surface area contributed by atoms with Gasteiger partial charge in [0, 0.05) is 31.1 Å². The third kappa shape index (κ3) is 3.71. The van der Waals surface area contributed by atoms with Crippen LogP contribution in [0.3, 0.4) is 0 Å². The van der Waals surface area contributed by atoms with Gasteiger partial charge in [-0.25, -0.2) is 8.42 Å². The molecule has 1 amide bonds. The number of hydrogen-bond acceptors (Lipinski definition) is 4. The Morgan fingerprint density at radius 2 is 1.76 bits per heavy atom. The number of thiophene rings is 1. The maximum absolute atomic E-state index is 12.8. The number of carbonyl (C=O) groups is 1. The van der Waals surface area contributed by atoms with E-state index in [1.807, 2.05) is 13.0 Å². The standard InChI is InChI=1S/C16H16Cl2N2O3S2/c1-11-5-6-13(24-11)16(21)19-7-9-20(10-8-19)25(22,23)14-4-2-3-12(17)15(14)18/h2-6H,7-10H2,1H3. The molecule has 1 fully saturated rings. The molecule has 1 aromatic heterocycles. The Morgan fingerprint density at radius 1 is 1.08 bits per heavy atom. The second kappa shape index (κ2) is 7.25. The van der Waals surface area contributed by atoms with Gasteiger partial charge >= 0.3 is 0 Å². The molecule has 0 spiro atoms. The molecule has 3 rings (SSSR count). The van der Waals surface area contributed by atoms with Gasteiger partial charge in [0.1, 0.15) is 4.90 Å². The molecule has 0 saturated carbocycles. The molecule has 25 heavy (non-hydrogen) atoms. The van der Waals surface area contributed by atoms with E-state index in [1.54, 1.807) is 23.1 Å². The number of halogens is 2. The number of aryl methyl sites for hydroxylation is 1. The van der Waals surface area contributed by atoms with Crippen LogP contribution in [0.2, 0.25) is 10.0 Å². The van der Waals surface area contributed by atoms with E-state index < -0.39 is 10.0 Å². The van der Waals surface area contributed by atoms with Crippen molar-refractivity contribution < 1.29 is 13.2 Å². The molecule has 0 bridgehead atoms. The molecular formula is C16H16Cl2N2O3S2. The first-order valence-electron chi connectivity index (χ1n) is 7.60. The van der Waals surface area contributed by atoms with Crippen molar-refractivity contribution in [1.82, 2.24) is 9.21 Å². The molecule has 2 heterocycles. The molecule has 0 N–H and O–H groups in total. The average Bonchev–Trinajstić information content (AvgIpc) is 3.03. The molecule has 2 aromatic rings. The van der Waals surface area contributed by atoms with Crippen LogP contribution in [-0.4, -0.2) is 49.7 Å². The van der Waals surface area contributed by atoms with Crippen LogP contribution in [0.15, 0.2) is 35.2 Å². The summed E-state index contributed by atoms with van der Waals surface area (Å²) in [7, 11) is -3.74. The molecule has 134 valence electrons. The van der Waals surface area contributed by atoms with E-state index in [4.69, 9.17) is 23.2 Å². The largest absolute Gasteiger partial charge is 0.335 e. The highest BCUT2D eigenvalue weighted by molar-refractivity contribution is 7.89. The van der Waals surface area contributed by atoms with Crippen molar-refractivity contribution in [3.8, 4) is 0 Å². The summed E-state index contributed by atoms with van der Waals surface area (Å²) in [5.41, 5.74) is 0. The topological polar surface area (TPSA) is 57.7 Å². The minimum atomic E-state index is -3.74. The lowest BCUT2D eigenvalue weighted by molar-refractivity contribution is 0.0703. The van der Waals surface area contributed by atoms with Crippen LogP contribution >= 0.6 is 34.5 Å². The van der Waals surface area contributed by atoms with Gasteiger partial charge in [0.15, 0.2) is 0 Å². The third-order valence-electron chi connectivity index (χ3n) is 4.01. The Kier molecular flexibility index (Phi) is 5.41. The minimum absolute atomic E-state index is 0.00433. The number of piperazine rings is 1. The molecule has 1 saturated heterocycles. The highest BCUT2D eigenvalue weighted by Crippen LogP contribution is 2.31. The molecule has 0 aliphatic carbocycles. The van der Waals surface area contributed by atoms with Gasteiger partial charge in [0.05, 0.1) is 14.9 Å². The number of sulfonamides is 1. The summed E-state index contributed by atoms with van der Waals surface area (Å²) in [4.78, 5) is 15.9. The maximum atomic E-state index is 12.8. The Labute approximate surface area is 160 Å². The first-order chi connectivity index (χ1) is 11.8. The summed E-state index contributed by atoms with van der Waals surface area (Å²) < 4.78 is 26.9. The molecular weight excluding hydrogens is 403 g/mol. The van der Waals surface area contributed by atoms with Gasteiger partial charge in [-0.3, -0.25) is 4.79 Å². The van der Waals surface area contributed by atoms with Gasteiger partial charge in [0.25, 0.3) is 5.91 Å². The lowest BCUT2D eigenvalue weighted by Gasteiger charge is -2.34. The Hall–Kier alpha value is -1.12. The smallest absolute Gasteiger partial charge is 0.264 e. The van der Waals surface area contributed by atoms with E-state index in [0.29, 0.717) is 18.0 Å². The maximum Gasteiger partial charge on any atom is 0.264 e. The highest BCUT2D eigenvalue weighted by Gasteiger charge is 2.32. The van der Waals surface area contributed by atoms with E-state index in [1.165, 1.54) is 21.7 Å². The van der Waals surface area contributed by atoms with E-state index in [-0.39, 0.29) is 33.9 Å². The monoisotopic (exact) mass is 418 g/mol. The van der Waals surface area contributed by atoms with Crippen LogP contribution < -0.4 is 0 Å². The summed E-state index contributed by atoms with van der Waals surface area (Å²) in [5, 5.41) is 0.223. The molecule has 0 radical (unpaired) electrons. The number of hydrogen-bond donors (Lipinski definition) is 0. The van der Waals surface area contributed by atoms with Gasteiger partial charge in [-0.1, -0.05) is 29.3 Å². The average molecular weight is 419 g/mol. The molecule has 0 unspecified atom stereocenters. The summed E-state index contributed by atoms with van der Waals surface area (Å²) in [5.74, 6) is -0.0593. The molecule has 0 atom stereocenters. The van der Waals surface area contributed by atoms with Crippen LogP contribution in [-0.2, 0) is 10.0 Å². The Balaban J connectivity index is 1.73. The normalized spacial score (nSPS) is 16.2. The van der Waals surface area contributed by atoms with Gasteiger partial charge in [-0.05, 0) is 31.2 Å². The summed E-state index contributed by atoms with van der Waals surface area (Å²) in [6.45, 7) is 3.07. The fourth-order valence-corrected chi connectivity index (χ4v) is 5.65. The number of benzene rings is 1. The Bertz CT molecular complexity index is 904. The van der Waals surface area contributed by atoms with E-state index >= 15 is 0 Å². The zero-order valence-corrected chi connectivity index (χ0v) is 16.6. The van der Waals surface area contributed by atoms with Crippen molar-refractivity contribution in [2.24, 2.45) is 0 Å². The zero-order valence-electron chi connectivity index (χ0n) is 13.4. The van der Waals surface area contributed by atoms with Crippen molar-refractivity contribution in [2.75, 3.05) is 26.2 Å². The SMILES string of the molecule is Cc1ccc(C(=O)N2CCN(S(=O)(=O)c3cccc(Cl)c3Cl)CC2)s1. The third-order valence-corrected chi connectivity index (χ3v) is 7.87.